The van der Waals surface area contributed by atoms with Crippen molar-refractivity contribution < 1.29 is 9.18 Å². The van der Waals surface area contributed by atoms with E-state index >= 15 is 0 Å². The van der Waals surface area contributed by atoms with Crippen LogP contribution in [0, 0.1) is 0 Å². The maximum atomic E-state index is 13.2. The number of hydrogen-bond donors (Lipinski definition) is 0. The van der Waals surface area contributed by atoms with E-state index < -0.39 is 12.2 Å². The number of alkyl halides is 1. The van der Waals surface area contributed by atoms with E-state index in [0.29, 0.717) is 19.5 Å². The van der Waals surface area contributed by atoms with E-state index in [9.17, 15) is 9.18 Å². The zero-order chi connectivity index (χ0) is 12.3. The van der Waals surface area contributed by atoms with Crippen LogP contribution in [0.5, 0.6) is 0 Å². The second-order valence-corrected chi connectivity index (χ2v) is 4.19. The molecule has 2 unspecified atom stereocenters. The average Bonchev–Trinajstić information content (AvgIpc) is 2.77. The minimum Gasteiger partial charge on any atom is -0.285 e. The molecule has 2 atom stereocenters. The van der Waals surface area contributed by atoms with Gasteiger partial charge in [-0.1, -0.05) is 30.3 Å². The Morgan fingerprint density at radius 1 is 1.47 bits per heavy atom. The Hall–Kier alpha value is -1.55. The van der Waals surface area contributed by atoms with Gasteiger partial charge in [-0.25, -0.2) is 9.38 Å². The van der Waals surface area contributed by atoms with E-state index in [2.05, 4.69) is 11.7 Å². The molecule has 17 heavy (non-hydrogen) atoms. The third-order valence-electron chi connectivity index (χ3n) is 3.03. The van der Waals surface area contributed by atoms with Crippen LogP contribution in [0.2, 0.25) is 0 Å². The number of hydrogen-bond acceptors (Lipinski definition) is 2. The fourth-order valence-corrected chi connectivity index (χ4v) is 2.21. The normalized spacial score (nSPS) is 22.3. The van der Waals surface area contributed by atoms with Crippen LogP contribution in [0.3, 0.4) is 0 Å². The van der Waals surface area contributed by atoms with Crippen molar-refractivity contribution in [3.05, 3.63) is 35.9 Å². The Balaban J connectivity index is 2.26. The molecular formula is C13H15FN2O. The van der Waals surface area contributed by atoms with Gasteiger partial charge in [-0.2, -0.15) is 0 Å². The number of carbonyl (C=O) groups excluding carboxylic acids is 1. The topological polar surface area (TPSA) is 32.7 Å². The lowest BCUT2D eigenvalue weighted by atomic mass is 10.1. The van der Waals surface area contributed by atoms with Gasteiger partial charge in [0.1, 0.15) is 12.2 Å². The summed E-state index contributed by atoms with van der Waals surface area (Å²) >= 11 is 0. The molecule has 0 N–H and O–H groups in total. The largest absolute Gasteiger partial charge is 0.285 e. The monoisotopic (exact) mass is 234 g/mol. The van der Waals surface area contributed by atoms with Gasteiger partial charge in [-0.05, 0) is 18.7 Å². The molecule has 1 heterocycles. The van der Waals surface area contributed by atoms with Gasteiger partial charge in [0, 0.05) is 13.1 Å². The van der Waals surface area contributed by atoms with E-state index in [4.69, 9.17) is 0 Å². The first-order valence-electron chi connectivity index (χ1n) is 5.66. The third-order valence-corrected chi connectivity index (χ3v) is 3.03. The van der Waals surface area contributed by atoms with Gasteiger partial charge in [0.25, 0.3) is 5.91 Å². The van der Waals surface area contributed by atoms with E-state index in [1.165, 1.54) is 0 Å². The first-order valence-corrected chi connectivity index (χ1v) is 5.66. The molecule has 0 radical (unpaired) electrons. The van der Waals surface area contributed by atoms with Crippen LogP contribution in [0.4, 0.5) is 4.39 Å². The number of likely N-dealkylation sites (tertiary alicyclic amines) is 1. The molecule has 1 amide bonds. The molecule has 0 aromatic heterocycles. The van der Waals surface area contributed by atoms with Gasteiger partial charge in [0.2, 0.25) is 0 Å². The SMILES string of the molecule is C=NC(=O)C(c1ccccc1)N1CCC(F)C1. The lowest BCUT2D eigenvalue weighted by Crippen LogP contribution is -2.31. The fourth-order valence-electron chi connectivity index (χ4n) is 2.21. The summed E-state index contributed by atoms with van der Waals surface area (Å²) in [7, 11) is 0. The maximum Gasteiger partial charge on any atom is 0.266 e. The van der Waals surface area contributed by atoms with Crippen molar-refractivity contribution in [2.45, 2.75) is 18.6 Å². The Morgan fingerprint density at radius 3 is 2.71 bits per heavy atom. The molecule has 90 valence electrons. The molecule has 1 saturated heterocycles. The summed E-state index contributed by atoms with van der Waals surface area (Å²) in [5.41, 5.74) is 0.846. The summed E-state index contributed by atoms with van der Waals surface area (Å²) in [6.45, 7) is 4.16. The van der Waals surface area contributed by atoms with Gasteiger partial charge in [0.05, 0.1) is 0 Å². The summed E-state index contributed by atoms with van der Waals surface area (Å²) in [6, 6.07) is 8.84. The van der Waals surface area contributed by atoms with E-state index in [-0.39, 0.29) is 5.91 Å². The fraction of sp³-hybridized carbons (Fsp3) is 0.385. The predicted molar refractivity (Wildman–Crippen MR) is 64.8 cm³/mol. The number of rotatable bonds is 3. The van der Waals surface area contributed by atoms with Crippen LogP contribution >= 0.6 is 0 Å². The van der Waals surface area contributed by atoms with Crippen molar-refractivity contribution in [1.29, 1.82) is 0 Å². The van der Waals surface area contributed by atoms with Crippen molar-refractivity contribution in [1.82, 2.24) is 4.90 Å². The maximum absolute atomic E-state index is 13.2. The number of nitrogens with zero attached hydrogens (tertiary/aromatic N) is 2. The van der Waals surface area contributed by atoms with Gasteiger partial charge >= 0.3 is 0 Å². The molecule has 0 aliphatic carbocycles. The Morgan fingerprint density at radius 2 is 2.18 bits per heavy atom. The summed E-state index contributed by atoms with van der Waals surface area (Å²) in [5.74, 6) is -0.315. The van der Waals surface area contributed by atoms with E-state index in [1.807, 2.05) is 35.2 Å². The number of halogens is 1. The van der Waals surface area contributed by atoms with Crippen LogP contribution in [-0.2, 0) is 4.79 Å². The highest BCUT2D eigenvalue weighted by Crippen LogP contribution is 2.27. The summed E-state index contributed by atoms with van der Waals surface area (Å²) in [5, 5.41) is 0. The number of benzene rings is 1. The second-order valence-electron chi connectivity index (χ2n) is 4.19. The highest BCUT2D eigenvalue weighted by molar-refractivity contribution is 5.86. The molecule has 3 nitrogen and oxygen atoms in total. The molecule has 0 saturated carbocycles. The number of amides is 1. The highest BCUT2D eigenvalue weighted by Gasteiger charge is 2.32. The molecule has 4 heteroatoms. The van der Waals surface area contributed by atoms with Crippen molar-refractivity contribution >= 4 is 12.6 Å². The first-order chi connectivity index (χ1) is 8.22. The number of aliphatic imine (C=N–C) groups is 1. The van der Waals surface area contributed by atoms with E-state index in [1.54, 1.807) is 0 Å². The van der Waals surface area contributed by atoms with E-state index in [0.717, 1.165) is 5.56 Å². The van der Waals surface area contributed by atoms with Crippen LogP contribution in [0.25, 0.3) is 0 Å². The minimum atomic E-state index is -0.848. The lowest BCUT2D eigenvalue weighted by molar-refractivity contribution is -0.122. The quantitative estimate of drug-likeness (QED) is 0.749. The summed E-state index contributed by atoms with van der Waals surface area (Å²) < 4.78 is 13.2. The zero-order valence-electron chi connectivity index (χ0n) is 9.55. The Kier molecular flexibility index (Phi) is 3.64. The average molecular weight is 234 g/mol. The van der Waals surface area contributed by atoms with Crippen molar-refractivity contribution in [2.75, 3.05) is 13.1 Å². The summed E-state index contributed by atoms with van der Waals surface area (Å²) in [4.78, 5) is 17.1. The number of carbonyl (C=O) groups is 1. The molecule has 0 spiro atoms. The first kappa shape index (κ1) is 11.9. The van der Waals surface area contributed by atoms with Crippen molar-refractivity contribution in [2.24, 2.45) is 4.99 Å². The zero-order valence-corrected chi connectivity index (χ0v) is 9.55. The molecule has 1 aliphatic rings. The summed E-state index contributed by atoms with van der Waals surface area (Å²) in [6.07, 6.45) is -0.368. The van der Waals surface area contributed by atoms with Gasteiger partial charge in [-0.15, -0.1) is 0 Å². The van der Waals surface area contributed by atoms with Gasteiger partial charge < -0.3 is 0 Å². The molecule has 1 aliphatic heterocycles. The lowest BCUT2D eigenvalue weighted by Gasteiger charge is -2.24. The highest BCUT2D eigenvalue weighted by atomic mass is 19.1. The smallest absolute Gasteiger partial charge is 0.266 e. The predicted octanol–water partition coefficient (Wildman–Crippen LogP) is 2.00. The molecule has 0 bridgehead atoms. The van der Waals surface area contributed by atoms with Crippen LogP contribution < -0.4 is 0 Å². The Labute approximate surface area is 100.0 Å². The second kappa shape index (κ2) is 5.19. The van der Waals surface area contributed by atoms with Crippen LogP contribution in [-0.4, -0.2) is 36.8 Å². The van der Waals surface area contributed by atoms with Crippen molar-refractivity contribution in [3.63, 3.8) is 0 Å². The van der Waals surface area contributed by atoms with Gasteiger partial charge in [-0.3, -0.25) is 9.69 Å². The molecule has 1 aromatic rings. The molecule has 1 fully saturated rings. The van der Waals surface area contributed by atoms with Crippen LogP contribution in [0.15, 0.2) is 35.3 Å². The minimum absolute atomic E-state index is 0.292. The standard InChI is InChI=1S/C13H15FN2O/c1-15-13(17)12(10-5-3-2-4-6-10)16-8-7-11(14)9-16/h2-6,11-12H,1,7-9H2. The molecular weight excluding hydrogens is 219 g/mol. The van der Waals surface area contributed by atoms with Crippen LogP contribution in [0.1, 0.15) is 18.0 Å². The molecule has 1 aromatic carbocycles. The Bertz CT molecular complexity index is 407. The van der Waals surface area contributed by atoms with Crippen molar-refractivity contribution in [3.8, 4) is 0 Å². The molecule has 2 rings (SSSR count). The third kappa shape index (κ3) is 2.58. The van der Waals surface area contributed by atoms with Gasteiger partial charge in [0.15, 0.2) is 0 Å².